The molecule has 126 valence electrons. The van der Waals surface area contributed by atoms with E-state index in [-0.39, 0.29) is 5.66 Å². The standard InChI is InChI=1S/C19H29N3S/c1-5-18(2,3)15-11-13-19(14-12-15)20-22(17(23)21(19)4)16-9-7-6-8-10-16/h6-10,15,20H,5,11-14H2,1-4H3. The normalized spacial score (nSPS) is 28.7. The zero-order valence-corrected chi connectivity index (χ0v) is 15.6. The predicted octanol–water partition coefficient (Wildman–Crippen LogP) is 4.55. The Balaban J connectivity index is 1.76. The second-order valence-electron chi connectivity index (χ2n) is 7.77. The molecular formula is C19H29N3S. The lowest BCUT2D eigenvalue weighted by atomic mass is 9.67. The number of nitrogens with one attached hydrogen (secondary N) is 1. The highest BCUT2D eigenvalue weighted by Crippen LogP contribution is 2.46. The summed E-state index contributed by atoms with van der Waals surface area (Å²) in [6.07, 6.45) is 6.09. The van der Waals surface area contributed by atoms with Crippen molar-refractivity contribution in [3.8, 4) is 0 Å². The van der Waals surface area contributed by atoms with Crippen LogP contribution >= 0.6 is 12.2 Å². The fourth-order valence-corrected chi connectivity index (χ4v) is 4.35. The second-order valence-corrected chi connectivity index (χ2v) is 8.14. The van der Waals surface area contributed by atoms with Gasteiger partial charge in [0.2, 0.25) is 0 Å². The molecule has 1 aromatic rings. The average Bonchev–Trinajstić information content (AvgIpc) is 2.82. The molecule has 23 heavy (non-hydrogen) atoms. The molecule has 4 heteroatoms. The summed E-state index contributed by atoms with van der Waals surface area (Å²) in [6.45, 7) is 7.15. The smallest absolute Gasteiger partial charge is 0.192 e. The van der Waals surface area contributed by atoms with Crippen LogP contribution in [0.25, 0.3) is 0 Å². The lowest BCUT2D eigenvalue weighted by Gasteiger charge is -2.45. The van der Waals surface area contributed by atoms with Gasteiger partial charge in [-0.3, -0.25) is 0 Å². The first-order valence-corrected chi connectivity index (χ1v) is 9.21. The minimum atomic E-state index is -0.00670. The van der Waals surface area contributed by atoms with Crippen LogP contribution in [-0.4, -0.2) is 22.7 Å². The molecular weight excluding hydrogens is 302 g/mol. The zero-order valence-electron chi connectivity index (χ0n) is 14.8. The lowest BCUT2D eigenvalue weighted by molar-refractivity contribution is 0.0561. The molecule has 0 unspecified atom stereocenters. The van der Waals surface area contributed by atoms with Crippen LogP contribution in [0.4, 0.5) is 5.69 Å². The number of nitrogens with zero attached hydrogens (tertiary/aromatic N) is 2. The monoisotopic (exact) mass is 331 g/mol. The molecule has 1 saturated heterocycles. The van der Waals surface area contributed by atoms with E-state index in [0.717, 1.165) is 29.6 Å². The highest BCUT2D eigenvalue weighted by atomic mass is 32.1. The Morgan fingerprint density at radius 1 is 1.22 bits per heavy atom. The lowest BCUT2D eigenvalue weighted by Crippen LogP contribution is -2.54. The van der Waals surface area contributed by atoms with Gasteiger partial charge >= 0.3 is 0 Å². The van der Waals surface area contributed by atoms with Gasteiger partial charge in [-0.05, 0) is 61.4 Å². The van der Waals surface area contributed by atoms with Crippen molar-refractivity contribution in [3.63, 3.8) is 0 Å². The molecule has 1 saturated carbocycles. The maximum absolute atomic E-state index is 5.71. The number of hydrogen-bond donors (Lipinski definition) is 1. The van der Waals surface area contributed by atoms with E-state index in [1.807, 2.05) is 6.07 Å². The van der Waals surface area contributed by atoms with Gasteiger partial charge in [0.05, 0.1) is 5.69 Å². The fourth-order valence-electron chi connectivity index (χ4n) is 4.03. The van der Waals surface area contributed by atoms with Crippen molar-refractivity contribution in [3.05, 3.63) is 30.3 Å². The van der Waals surface area contributed by atoms with E-state index in [2.05, 4.69) is 67.4 Å². The summed E-state index contributed by atoms with van der Waals surface area (Å²) in [4.78, 5) is 2.28. The third-order valence-electron chi connectivity index (χ3n) is 6.28. The van der Waals surface area contributed by atoms with E-state index in [4.69, 9.17) is 12.2 Å². The van der Waals surface area contributed by atoms with Crippen LogP contribution in [-0.2, 0) is 0 Å². The Morgan fingerprint density at radius 2 is 1.83 bits per heavy atom. The summed E-state index contributed by atoms with van der Waals surface area (Å²) < 4.78 is 0. The summed E-state index contributed by atoms with van der Waals surface area (Å²) in [5, 5.41) is 2.96. The van der Waals surface area contributed by atoms with Crippen LogP contribution in [0.3, 0.4) is 0 Å². The van der Waals surface area contributed by atoms with Crippen molar-refractivity contribution in [2.24, 2.45) is 11.3 Å². The van der Waals surface area contributed by atoms with Gasteiger partial charge in [-0.25, -0.2) is 10.4 Å². The molecule has 2 fully saturated rings. The van der Waals surface area contributed by atoms with Crippen molar-refractivity contribution in [1.29, 1.82) is 0 Å². The van der Waals surface area contributed by atoms with E-state index in [0.29, 0.717) is 5.41 Å². The first-order chi connectivity index (χ1) is 10.9. The molecule has 1 aromatic carbocycles. The Bertz CT molecular complexity index is 561. The topological polar surface area (TPSA) is 18.5 Å². The van der Waals surface area contributed by atoms with Gasteiger partial charge in [0.15, 0.2) is 5.11 Å². The van der Waals surface area contributed by atoms with Gasteiger partial charge in [0, 0.05) is 7.05 Å². The Labute approximate surface area is 146 Å². The summed E-state index contributed by atoms with van der Waals surface area (Å²) >= 11 is 5.71. The number of hydrogen-bond acceptors (Lipinski definition) is 2. The molecule has 1 aliphatic heterocycles. The van der Waals surface area contributed by atoms with Crippen LogP contribution in [0, 0.1) is 11.3 Å². The van der Waals surface area contributed by atoms with E-state index >= 15 is 0 Å². The summed E-state index contributed by atoms with van der Waals surface area (Å²) in [7, 11) is 2.14. The minimum absolute atomic E-state index is 0.00670. The highest BCUT2D eigenvalue weighted by Gasteiger charge is 2.49. The molecule has 0 radical (unpaired) electrons. The maximum atomic E-state index is 5.71. The van der Waals surface area contributed by atoms with E-state index in [1.54, 1.807) is 0 Å². The van der Waals surface area contributed by atoms with E-state index < -0.39 is 0 Å². The van der Waals surface area contributed by atoms with Crippen molar-refractivity contribution in [2.45, 2.75) is 58.5 Å². The van der Waals surface area contributed by atoms with Gasteiger partial charge in [0.25, 0.3) is 0 Å². The molecule has 3 rings (SSSR count). The van der Waals surface area contributed by atoms with E-state index in [9.17, 15) is 0 Å². The predicted molar refractivity (Wildman–Crippen MR) is 101 cm³/mol. The summed E-state index contributed by atoms with van der Waals surface area (Å²) in [5.74, 6) is 0.813. The number of para-hydroxylation sites is 1. The van der Waals surface area contributed by atoms with Crippen LogP contribution in [0.2, 0.25) is 0 Å². The van der Waals surface area contributed by atoms with Gasteiger partial charge in [-0.2, -0.15) is 0 Å². The molecule has 0 amide bonds. The summed E-state index contributed by atoms with van der Waals surface area (Å²) in [6, 6.07) is 10.4. The first kappa shape index (κ1) is 16.7. The Hall–Kier alpha value is -1.13. The van der Waals surface area contributed by atoms with Gasteiger partial charge in [-0.15, -0.1) is 0 Å². The zero-order chi connectivity index (χ0) is 16.7. The molecule has 1 spiro atoms. The summed E-state index contributed by atoms with van der Waals surface area (Å²) in [5.41, 5.74) is 5.29. The third-order valence-corrected chi connectivity index (χ3v) is 6.74. The Kier molecular flexibility index (Phi) is 4.41. The van der Waals surface area contributed by atoms with Gasteiger partial charge in [-0.1, -0.05) is 45.4 Å². The molecule has 3 nitrogen and oxygen atoms in total. The number of benzene rings is 1. The molecule has 2 aliphatic rings. The molecule has 1 N–H and O–H groups in total. The molecule has 0 atom stereocenters. The third kappa shape index (κ3) is 2.87. The molecule has 1 aliphatic carbocycles. The van der Waals surface area contributed by atoms with Crippen LogP contribution in [0.15, 0.2) is 30.3 Å². The van der Waals surface area contributed by atoms with Crippen LogP contribution in [0.1, 0.15) is 52.9 Å². The van der Waals surface area contributed by atoms with Crippen molar-refractivity contribution >= 4 is 23.0 Å². The number of thiocarbonyl (C=S) groups is 1. The first-order valence-electron chi connectivity index (χ1n) is 8.80. The average molecular weight is 332 g/mol. The number of anilines is 1. The minimum Gasteiger partial charge on any atom is -0.331 e. The molecule has 1 heterocycles. The van der Waals surface area contributed by atoms with Gasteiger partial charge < -0.3 is 4.90 Å². The number of rotatable bonds is 3. The Morgan fingerprint density at radius 3 is 2.39 bits per heavy atom. The second kappa shape index (κ2) is 6.06. The fraction of sp³-hybridized carbons (Fsp3) is 0.632. The van der Waals surface area contributed by atoms with Crippen LogP contribution < -0.4 is 10.4 Å². The highest BCUT2D eigenvalue weighted by molar-refractivity contribution is 7.80. The van der Waals surface area contributed by atoms with Crippen molar-refractivity contribution < 1.29 is 0 Å². The SMILES string of the molecule is CCC(C)(C)C1CCC2(CC1)NN(c1ccccc1)C(=S)N2C. The van der Waals surface area contributed by atoms with Crippen LogP contribution in [0.5, 0.6) is 0 Å². The van der Waals surface area contributed by atoms with Gasteiger partial charge in [0.1, 0.15) is 5.66 Å². The maximum Gasteiger partial charge on any atom is 0.192 e. The van der Waals surface area contributed by atoms with Crippen molar-refractivity contribution in [1.82, 2.24) is 10.3 Å². The largest absolute Gasteiger partial charge is 0.331 e. The molecule has 0 aromatic heterocycles. The van der Waals surface area contributed by atoms with E-state index in [1.165, 1.54) is 19.3 Å². The number of hydrazine groups is 1. The molecule has 0 bridgehead atoms. The quantitative estimate of drug-likeness (QED) is 0.819. The van der Waals surface area contributed by atoms with Crippen molar-refractivity contribution in [2.75, 3.05) is 12.1 Å².